The van der Waals surface area contributed by atoms with Crippen LogP contribution in [-0.2, 0) is 6.42 Å². The summed E-state index contributed by atoms with van der Waals surface area (Å²) >= 11 is 4.91. The predicted octanol–water partition coefficient (Wildman–Crippen LogP) is 3.02. The van der Waals surface area contributed by atoms with Crippen LogP contribution in [0.2, 0.25) is 0 Å². The Morgan fingerprint density at radius 2 is 2.05 bits per heavy atom. The molecule has 0 aliphatic carbocycles. The molecule has 1 aromatic carbocycles. The molecule has 0 atom stereocenters. The molecule has 1 aromatic rings. The molecular weight excluding hydrogens is 280 g/mol. The fourth-order valence-corrected chi connectivity index (χ4v) is 3.10. The second kappa shape index (κ2) is 7.23. The van der Waals surface area contributed by atoms with Crippen molar-refractivity contribution in [3.05, 3.63) is 29.8 Å². The first-order valence-corrected chi connectivity index (χ1v) is 8.08. The molecule has 21 heavy (non-hydrogen) atoms. The predicted molar refractivity (Wildman–Crippen MR) is 91.9 cm³/mol. The van der Waals surface area contributed by atoms with Gasteiger partial charge in [-0.05, 0) is 42.5 Å². The van der Waals surface area contributed by atoms with Gasteiger partial charge in [-0.3, -0.25) is 4.90 Å². The lowest BCUT2D eigenvalue weighted by atomic mass is 9.84. The fourth-order valence-electron chi connectivity index (χ4n) is 2.93. The minimum absolute atomic E-state index is 0.445. The van der Waals surface area contributed by atoms with Gasteiger partial charge in [0.2, 0.25) is 0 Å². The lowest BCUT2D eigenvalue weighted by molar-refractivity contribution is 0.102. The monoisotopic (exact) mass is 306 g/mol. The molecular formula is C17H26N2OS. The van der Waals surface area contributed by atoms with Gasteiger partial charge in [0.15, 0.2) is 0 Å². The highest BCUT2D eigenvalue weighted by Gasteiger charge is 2.25. The zero-order valence-electron chi connectivity index (χ0n) is 13.1. The van der Waals surface area contributed by atoms with Gasteiger partial charge in [0.1, 0.15) is 12.4 Å². The van der Waals surface area contributed by atoms with Crippen LogP contribution in [0.4, 0.5) is 0 Å². The van der Waals surface area contributed by atoms with Crippen molar-refractivity contribution < 1.29 is 4.74 Å². The third-order valence-corrected chi connectivity index (χ3v) is 4.10. The largest absolute Gasteiger partial charge is 0.492 e. The van der Waals surface area contributed by atoms with Crippen LogP contribution >= 0.6 is 12.2 Å². The number of benzene rings is 1. The van der Waals surface area contributed by atoms with Crippen molar-refractivity contribution in [2.75, 3.05) is 26.2 Å². The van der Waals surface area contributed by atoms with E-state index in [0.717, 1.165) is 24.5 Å². The van der Waals surface area contributed by atoms with Gasteiger partial charge < -0.3 is 10.5 Å². The lowest BCUT2D eigenvalue weighted by Crippen LogP contribution is -2.41. The number of rotatable bonds is 6. The smallest absolute Gasteiger partial charge is 0.119 e. The van der Waals surface area contributed by atoms with Gasteiger partial charge in [0.05, 0.1) is 4.99 Å². The normalized spacial score (nSPS) is 18.4. The van der Waals surface area contributed by atoms with Gasteiger partial charge in [0.25, 0.3) is 0 Å². The quantitative estimate of drug-likeness (QED) is 0.820. The summed E-state index contributed by atoms with van der Waals surface area (Å²) < 4.78 is 5.83. The Labute approximate surface area is 133 Å². The highest BCUT2D eigenvalue weighted by atomic mass is 32.1. The third kappa shape index (κ3) is 5.64. The van der Waals surface area contributed by atoms with Crippen molar-refractivity contribution in [2.45, 2.75) is 33.1 Å². The van der Waals surface area contributed by atoms with E-state index in [0.29, 0.717) is 16.8 Å². The second-order valence-electron chi connectivity index (χ2n) is 6.68. The number of piperidine rings is 1. The summed E-state index contributed by atoms with van der Waals surface area (Å²) in [5.41, 5.74) is 7.12. The first kappa shape index (κ1) is 16.2. The Balaban J connectivity index is 1.74. The molecule has 1 aliphatic rings. The van der Waals surface area contributed by atoms with E-state index in [1.165, 1.54) is 25.9 Å². The topological polar surface area (TPSA) is 38.5 Å². The van der Waals surface area contributed by atoms with Gasteiger partial charge >= 0.3 is 0 Å². The molecule has 4 heteroatoms. The highest BCUT2D eigenvalue weighted by molar-refractivity contribution is 7.80. The second-order valence-corrected chi connectivity index (χ2v) is 7.20. The number of ether oxygens (including phenoxy) is 1. The first-order chi connectivity index (χ1) is 9.94. The molecule has 1 saturated heterocycles. The molecule has 1 heterocycles. The summed E-state index contributed by atoms with van der Waals surface area (Å²) in [6.45, 7) is 8.80. The number of hydrogen-bond donors (Lipinski definition) is 1. The Bertz CT molecular complexity index is 470. The van der Waals surface area contributed by atoms with Crippen LogP contribution in [0.15, 0.2) is 24.3 Å². The van der Waals surface area contributed by atoms with Crippen LogP contribution in [-0.4, -0.2) is 36.1 Å². The molecule has 116 valence electrons. The van der Waals surface area contributed by atoms with Crippen molar-refractivity contribution in [1.82, 2.24) is 4.90 Å². The van der Waals surface area contributed by atoms with Crippen molar-refractivity contribution in [3.8, 4) is 5.75 Å². The molecule has 0 amide bonds. The maximum Gasteiger partial charge on any atom is 0.119 e. The summed E-state index contributed by atoms with van der Waals surface area (Å²) in [7, 11) is 0. The number of likely N-dealkylation sites (tertiary alicyclic amines) is 1. The highest BCUT2D eigenvalue weighted by Crippen LogP contribution is 2.28. The number of hydrogen-bond acceptors (Lipinski definition) is 3. The molecule has 3 nitrogen and oxygen atoms in total. The van der Waals surface area contributed by atoms with Gasteiger partial charge in [-0.15, -0.1) is 0 Å². The number of nitrogens with two attached hydrogens (primary N) is 1. The summed E-state index contributed by atoms with van der Waals surface area (Å²) in [5.74, 6) is 0.915. The van der Waals surface area contributed by atoms with E-state index in [1.807, 2.05) is 24.3 Å². The molecule has 2 rings (SSSR count). The minimum atomic E-state index is 0.445. The molecule has 1 aliphatic heterocycles. The van der Waals surface area contributed by atoms with Gasteiger partial charge in [-0.25, -0.2) is 0 Å². The summed E-state index contributed by atoms with van der Waals surface area (Å²) in [5, 5.41) is 0. The SMILES string of the molecule is CC1(C)CCCN(CCOc2ccc(CC(N)=S)cc2)C1. The Morgan fingerprint density at radius 1 is 1.33 bits per heavy atom. The fraction of sp³-hybridized carbons (Fsp3) is 0.588. The van der Waals surface area contributed by atoms with Crippen LogP contribution in [0.5, 0.6) is 5.75 Å². The molecule has 0 aromatic heterocycles. The maximum absolute atomic E-state index is 5.83. The molecule has 0 spiro atoms. The molecule has 1 fully saturated rings. The van der Waals surface area contributed by atoms with E-state index < -0.39 is 0 Å². The minimum Gasteiger partial charge on any atom is -0.492 e. The van der Waals surface area contributed by atoms with E-state index in [9.17, 15) is 0 Å². The summed E-state index contributed by atoms with van der Waals surface area (Å²) in [6, 6.07) is 8.04. The lowest BCUT2D eigenvalue weighted by Gasteiger charge is -2.37. The Morgan fingerprint density at radius 3 is 2.67 bits per heavy atom. The Hall–Kier alpha value is -1.13. The molecule has 0 unspecified atom stereocenters. The average molecular weight is 306 g/mol. The average Bonchev–Trinajstić information content (AvgIpc) is 2.39. The Kier molecular flexibility index (Phi) is 5.59. The van der Waals surface area contributed by atoms with E-state index in [1.54, 1.807) is 0 Å². The zero-order chi connectivity index (χ0) is 15.3. The summed E-state index contributed by atoms with van der Waals surface area (Å²) in [4.78, 5) is 3.03. The van der Waals surface area contributed by atoms with E-state index in [2.05, 4.69) is 18.7 Å². The van der Waals surface area contributed by atoms with Gasteiger partial charge in [-0.1, -0.05) is 38.2 Å². The molecule has 0 radical (unpaired) electrons. The van der Waals surface area contributed by atoms with Gasteiger partial charge in [-0.2, -0.15) is 0 Å². The first-order valence-electron chi connectivity index (χ1n) is 7.67. The van der Waals surface area contributed by atoms with Crippen LogP contribution in [0.1, 0.15) is 32.3 Å². The van der Waals surface area contributed by atoms with Crippen LogP contribution in [0.25, 0.3) is 0 Å². The van der Waals surface area contributed by atoms with Crippen molar-refractivity contribution in [1.29, 1.82) is 0 Å². The van der Waals surface area contributed by atoms with Crippen molar-refractivity contribution in [3.63, 3.8) is 0 Å². The molecule has 0 bridgehead atoms. The summed E-state index contributed by atoms with van der Waals surface area (Å²) in [6.07, 6.45) is 3.27. The van der Waals surface area contributed by atoms with Crippen LogP contribution in [0.3, 0.4) is 0 Å². The molecule has 0 saturated carbocycles. The van der Waals surface area contributed by atoms with E-state index in [-0.39, 0.29) is 0 Å². The van der Waals surface area contributed by atoms with Crippen LogP contribution < -0.4 is 10.5 Å². The van der Waals surface area contributed by atoms with Crippen molar-refractivity contribution >= 4 is 17.2 Å². The maximum atomic E-state index is 5.83. The third-order valence-electron chi connectivity index (χ3n) is 3.96. The standard InChI is InChI=1S/C17H26N2OS/c1-17(2)8-3-9-19(13-17)10-11-20-15-6-4-14(5-7-15)12-16(18)21/h4-7H,3,8-13H2,1-2H3,(H2,18,21). The molecule has 2 N–H and O–H groups in total. The number of nitrogens with zero attached hydrogens (tertiary/aromatic N) is 1. The van der Waals surface area contributed by atoms with Gasteiger partial charge in [0, 0.05) is 19.5 Å². The van der Waals surface area contributed by atoms with E-state index in [4.69, 9.17) is 22.7 Å². The number of thiocarbonyl (C=S) groups is 1. The van der Waals surface area contributed by atoms with Crippen LogP contribution in [0, 0.1) is 5.41 Å². The zero-order valence-corrected chi connectivity index (χ0v) is 13.9. The van der Waals surface area contributed by atoms with E-state index >= 15 is 0 Å². The van der Waals surface area contributed by atoms with Crippen molar-refractivity contribution in [2.24, 2.45) is 11.1 Å².